The van der Waals surface area contributed by atoms with Crippen molar-refractivity contribution >= 4 is 17.8 Å². The molecule has 0 aliphatic carbocycles. The number of aliphatic carboxylic acids is 1. The Balaban J connectivity index is 1.65. The van der Waals surface area contributed by atoms with Crippen LogP contribution in [0, 0.1) is 5.92 Å². The molecule has 1 saturated heterocycles. The van der Waals surface area contributed by atoms with E-state index >= 15 is 0 Å². The van der Waals surface area contributed by atoms with Gasteiger partial charge in [-0.1, -0.05) is 60.7 Å². The monoisotopic (exact) mass is 394 g/mol. The Hall–Kier alpha value is -3.15. The fourth-order valence-corrected chi connectivity index (χ4v) is 3.82. The summed E-state index contributed by atoms with van der Waals surface area (Å²) in [6.07, 6.45) is 0.665. The molecule has 2 aromatic carbocycles. The number of carbonyl (C=O) groups excluding carboxylic acids is 2. The molecule has 29 heavy (non-hydrogen) atoms. The summed E-state index contributed by atoms with van der Waals surface area (Å²) in [7, 11) is 0. The fraction of sp³-hybridized carbons (Fsp3) is 0.348. The van der Waals surface area contributed by atoms with Crippen LogP contribution in [0.2, 0.25) is 0 Å². The fourth-order valence-electron chi connectivity index (χ4n) is 3.82. The maximum atomic E-state index is 12.9. The Bertz CT molecular complexity index is 854. The summed E-state index contributed by atoms with van der Waals surface area (Å²) in [5.74, 6) is -2.16. The van der Waals surface area contributed by atoms with Crippen LogP contribution in [0.5, 0.6) is 0 Å². The zero-order chi connectivity index (χ0) is 20.8. The van der Waals surface area contributed by atoms with Crippen molar-refractivity contribution in [2.45, 2.75) is 19.3 Å². The van der Waals surface area contributed by atoms with E-state index in [0.29, 0.717) is 19.5 Å². The molecule has 152 valence electrons. The number of benzene rings is 2. The quantitative estimate of drug-likeness (QED) is 0.782. The van der Waals surface area contributed by atoms with E-state index in [1.165, 1.54) is 11.8 Å². The van der Waals surface area contributed by atoms with Gasteiger partial charge < -0.3 is 14.9 Å². The molecule has 6 nitrogen and oxygen atoms in total. The Morgan fingerprint density at radius 1 is 1.00 bits per heavy atom. The Morgan fingerprint density at radius 2 is 1.62 bits per heavy atom. The van der Waals surface area contributed by atoms with Crippen LogP contribution in [0.1, 0.15) is 24.0 Å². The van der Waals surface area contributed by atoms with Crippen molar-refractivity contribution in [1.82, 2.24) is 9.80 Å². The highest BCUT2D eigenvalue weighted by molar-refractivity contribution is 5.85. The Labute approximate surface area is 170 Å². The van der Waals surface area contributed by atoms with Crippen LogP contribution >= 0.6 is 0 Å². The first-order valence-electron chi connectivity index (χ1n) is 9.80. The van der Waals surface area contributed by atoms with Gasteiger partial charge in [0, 0.05) is 32.5 Å². The van der Waals surface area contributed by atoms with Crippen molar-refractivity contribution in [2.24, 2.45) is 5.92 Å². The minimum Gasteiger partial charge on any atom is -0.481 e. The van der Waals surface area contributed by atoms with Crippen LogP contribution < -0.4 is 0 Å². The van der Waals surface area contributed by atoms with E-state index in [1.807, 2.05) is 60.7 Å². The van der Waals surface area contributed by atoms with Crippen LogP contribution in [0.3, 0.4) is 0 Å². The number of hydrogen-bond donors (Lipinski definition) is 1. The van der Waals surface area contributed by atoms with Gasteiger partial charge in [0.25, 0.3) is 0 Å². The van der Waals surface area contributed by atoms with Gasteiger partial charge in [0.1, 0.15) is 0 Å². The van der Waals surface area contributed by atoms with Crippen molar-refractivity contribution < 1.29 is 19.5 Å². The molecule has 2 atom stereocenters. The van der Waals surface area contributed by atoms with Crippen LogP contribution in [-0.4, -0.2) is 58.9 Å². The number of nitrogens with zero attached hydrogens (tertiary/aromatic N) is 2. The first kappa shape index (κ1) is 20.6. The van der Waals surface area contributed by atoms with E-state index in [0.717, 1.165) is 11.1 Å². The van der Waals surface area contributed by atoms with E-state index in [1.54, 1.807) is 4.90 Å². The third-order valence-corrected chi connectivity index (χ3v) is 5.50. The number of likely N-dealkylation sites (tertiary alicyclic amines) is 1. The zero-order valence-electron chi connectivity index (χ0n) is 16.5. The average Bonchev–Trinajstić information content (AvgIpc) is 3.18. The number of rotatable bonds is 7. The van der Waals surface area contributed by atoms with E-state index in [2.05, 4.69) is 0 Å². The zero-order valence-corrected chi connectivity index (χ0v) is 16.5. The number of carboxylic acids is 1. The second-order valence-corrected chi connectivity index (χ2v) is 7.44. The maximum Gasteiger partial charge on any atom is 0.308 e. The molecule has 3 rings (SSSR count). The summed E-state index contributed by atoms with van der Waals surface area (Å²) in [5, 5.41) is 9.62. The lowest BCUT2D eigenvalue weighted by molar-refractivity contribution is -0.142. The summed E-state index contributed by atoms with van der Waals surface area (Å²) in [4.78, 5) is 39.7. The SMILES string of the molecule is CC(=O)N(CCc1ccccc1)CC(=O)N1C[C@H](C(=O)O)[C@H](c2ccccc2)C1. The van der Waals surface area contributed by atoms with Gasteiger partial charge in [0.15, 0.2) is 0 Å². The molecule has 0 radical (unpaired) electrons. The van der Waals surface area contributed by atoms with E-state index in [9.17, 15) is 19.5 Å². The lowest BCUT2D eigenvalue weighted by Gasteiger charge is -2.24. The second kappa shape index (κ2) is 9.37. The molecular weight excluding hydrogens is 368 g/mol. The van der Waals surface area contributed by atoms with Crippen molar-refractivity contribution in [3.63, 3.8) is 0 Å². The van der Waals surface area contributed by atoms with Gasteiger partial charge in [-0.3, -0.25) is 14.4 Å². The number of carboxylic acid groups (broad SMARTS) is 1. The van der Waals surface area contributed by atoms with Crippen LogP contribution in [-0.2, 0) is 20.8 Å². The van der Waals surface area contributed by atoms with E-state index in [-0.39, 0.29) is 30.8 Å². The molecule has 1 heterocycles. The summed E-state index contributed by atoms with van der Waals surface area (Å²) >= 11 is 0. The number of amides is 2. The van der Waals surface area contributed by atoms with Crippen molar-refractivity contribution in [2.75, 3.05) is 26.2 Å². The van der Waals surface area contributed by atoms with Crippen LogP contribution in [0.25, 0.3) is 0 Å². The standard InChI is InChI=1S/C23H26N2O4/c1-17(26)24(13-12-18-8-4-2-5-9-18)16-22(27)25-14-20(21(15-25)23(28)29)19-10-6-3-7-11-19/h2-11,20-21H,12-16H2,1H3,(H,28,29)/t20-,21-/m0/s1. The molecule has 0 saturated carbocycles. The molecule has 1 aliphatic heterocycles. The summed E-state index contributed by atoms with van der Waals surface area (Å²) in [5.41, 5.74) is 2.02. The Morgan fingerprint density at radius 3 is 2.21 bits per heavy atom. The lowest BCUT2D eigenvalue weighted by atomic mass is 9.89. The molecule has 0 aromatic heterocycles. The number of carbonyl (C=O) groups is 3. The van der Waals surface area contributed by atoms with Crippen molar-refractivity contribution in [1.29, 1.82) is 0 Å². The average molecular weight is 394 g/mol. The molecule has 1 aliphatic rings. The third-order valence-electron chi connectivity index (χ3n) is 5.50. The minimum atomic E-state index is -0.901. The van der Waals surface area contributed by atoms with Gasteiger partial charge in [0.05, 0.1) is 12.5 Å². The van der Waals surface area contributed by atoms with Gasteiger partial charge >= 0.3 is 5.97 Å². The second-order valence-electron chi connectivity index (χ2n) is 7.44. The normalized spacial score (nSPS) is 18.4. The third kappa shape index (κ3) is 5.22. The summed E-state index contributed by atoms with van der Waals surface area (Å²) < 4.78 is 0. The van der Waals surface area contributed by atoms with Gasteiger partial charge in [-0.05, 0) is 17.5 Å². The Kier molecular flexibility index (Phi) is 6.65. The highest BCUT2D eigenvalue weighted by Crippen LogP contribution is 2.33. The highest BCUT2D eigenvalue weighted by Gasteiger charge is 2.40. The predicted molar refractivity (Wildman–Crippen MR) is 109 cm³/mol. The maximum absolute atomic E-state index is 12.9. The van der Waals surface area contributed by atoms with Crippen molar-refractivity contribution in [3.05, 3.63) is 71.8 Å². The van der Waals surface area contributed by atoms with Gasteiger partial charge in [-0.15, -0.1) is 0 Å². The minimum absolute atomic E-state index is 0.0317. The van der Waals surface area contributed by atoms with E-state index in [4.69, 9.17) is 0 Å². The van der Waals surface area contributed by atoms with Crippen molar-refractivity contribution in [3.8, 4) is 0 Å². The molecular formula is C23H26N2O4. The first-order chi connectivity index (χ1) is 14.0. The number of hydrogen-bond acceptors (Lipinski definition) is 3. The van der Waals surface area contributed by atoms with Gasteiger partial charge in [-0.2, -0.15) is 0 Å². The molecule has 1 fully saturated rings. The molecule has 2 amide bonds. The largest absolute Gasteiger partial charge is 0.481 e. The summed E-state index contributed by atoms with van der Waals surface area (Å²) in [6, 6.07) is 19.2. The summed E-state index contributed by atoms with van der Waals surface area (Å²) in [6.45, 7) is 2.39. The molecule has 1 N–H and O–H groups in total. The van der Waals surface area contributed by atoms with Crippen LogP contribution in [0.15, 0.2) is 60.7 Å². The first-order valence-corrected chi connectivity index (χ1v) is 9.80. The molecule has 2 aromatic rings. The molecule has 0 bridgehead atoms. The van der Waals surface area contributed by atoms with E-state index < -0.39 is 11.9 Å². The lowest BCUT2D eigenvalue weighted by Crippen LogP contribution is -2.42. The van der Waals surface area contributed by atoms with Gasteiger partial charge in [-0.25, -0.2) is 0 Å². The van der Waals surface area contributed by atoms with Gasteiger partial charge in [0.2, 0.25) is 11.8 Å². The smallest absolute Gasteiger partial charge is 0.308 e. The molecule has 6 heteroatoms. The predicted octanol–water partition coefficient (Wildman–Crippen LogP) is 2.40. The molecule has 0 unspecified atom stereocenters. The topological polar surface area (TPSA) is 77.9 Å². The highest BCUT2D eigenvalue weighted by atomic mass is 16.4. The molecule has 0 spiro atoms. The van der Waals surface area contributed by atoms with Crippen LogP contribution in [0.4, 0.5) is 0 Å².